The van der Waals surface area contributed by atoms with Crippen molar-refractivity contribution in [1.29, 1.82) is 0 Å². The largest absolute Gasteiger partial charge is 0.352 e. The van der Waals surface area contributed by atoms with Gasteiger partial charge in [-0.2, -0.15) is 0 Å². The van der Waals surface area contributed by atoms with Gasteiger partial charge >= 0.3 is 0 Å². The van der Waals surface area contributed by atoms with Gasteiger partial charge in [-0.3, -0.25) is 4.79 Å². The van der Waals surface area contributed by atoms with Gasteiger partial charge in [0.05, 0.1) is 16.6 Å². The molecule has 0 aliphatic carbocycles. The highest BCUT2D eigenvalue weighted by Gasteiger charge is 2.19. The summed E-state index contributed by atoms with van der Waals surface area (Å²) >= 11 is 0. The number of aryl methyl sites for hydroxylation is 1. The fraction of sp³-hybridized carbons (Fsp3) is 0.650. The predicted octanol–water partition coefficient (Wildman–Crippen LogP) is 2.41. The molecular formula is C20H31N5O2. The minimum Gasteiger partial charge on any atom is -0.352 e. The minimum absolute atomic E-state index is 0.0739. The molecule has 148 valence electrons. The van der Waals surface area contributed by atoms with Crippen molar-refractivity contribution < 1.29 is 9.32 Å². The summed E-state index contributed by atoms with van der Waals surface area (Å²) in [4.78, 5) is 22.1. The van der Waals surface area contributed by atoms with Crippen LogP contribution in [0.4, 0.5) is 0 Å². The second-order valence-corrected chi connectivity index (χ2v) is 7.81. The van der Waals surface area contributed by atoms with Crippen LogP contribution in [0, 0.1) is 6.92 Å². The van der Waals surface area contributed by atoms with E-state index in [2.05, 4.69) is 46.2 Å². The maximum Gasteiger partial charge on any atom is 0.259 e. The fourth-order valence-corrected chi connectivity index (χ4v) is 3.42. The highest BCUT2D eigenvalue weighted by atomic mass is 16.5. The van der Waals surface area contributed by atoms with Crippen molar-refractivity contribution in [3.8, 4) is 0 Å². The number of hydrogen-bond acceptors (Lipinski definition) is 6. The summed E-state index contributed by atoms with van der Waals surface area (Å²) in [5, 5.41) is 7.75. The summed E-state index contributed by atoms with van der Waals surface area (Å²) in [5.74, 6) is 0.144. The van der Waals surface area contributed by atoms with E-state index in [1.807, 2.05) is 13.0 Å². The van der Waals surface area contributed by atoms with E-state index in [1.54, 1.807) is 0 Å². The first kappa shape index (κ1) is 19.8. The zero-order chi connectivity index (χ0) is 19.4. The molecule has 0 radical (unpaired) electrons. The number of piperazine rings is 1. The first-order chi connectivity index (χ1) is 13.0. The number of carbonyl (C=O) groups is 1. The summed E-state index contributed by atoms with van der Waals surface area (Å²) in [6, 6.07) is 1.87. The second-order valence-electron chi connectivity index (χ2n) is 7.81. The third-order valence-electron chi connectivity index (χ3n) is 5.26. The van der Waals surface area contributed by atoms with Gasteiger partial charge in [-0.15, -0.1) is 0 Å². The number of carbonyl (C=O) groups excluding carboxylic acids is 1. The molecule has 27 heavy (non-hydrogen) atoms. The molecule has 7 heteroatoms. The second kappa shape index (κ2) is 8.80. The number of pyridine rings is 1. The molecule has 1 saturated heterocycles. The zero-order valence-corrected chi connectivity index (χ0v) is 16.9. The van der Waals surface area contributed by atoms with Gasteiger partial charge in [-0.25, -0.2) is 4.98 Å². The van der Waals surface area contributed by atoms with E-state index in [0.29, 0.717) is 28.9 Å². The van der Waals surface area contributed by atoms with Crippen LogP contribution in [0.15, 0.2) is 10.6 Å². The number of nitrogens with one attached hydrogen (secondary N) is 1. The molecule has 1 amide bonds. The Labute approximate surface area is 161 Å². The SMILES string of the molecule is Cc1noc2nc(C(C)C)cc(C(=O)NCCCCN3CCN(C)CC3)c12. The van der Waals surface area contributed by atoms with Crippen LogP contribution in [0.3, 0.4) is 0 Å². The molecule has 0 unspecified atom stereocenters. The molecular weight excluding hydrogens is 342 g/mol. The smallest absolute Gasteiger partial charge is 0.259 e. The van der Waals surface area contributed by atoms with Crippen molar-refractivity contribution in [2.75, 3.05) is 46.3 Å². The van der Waals surface area contributed by atoms with Gasteiger partial charge in [0, 0.05) is 38.4 Å². The normalized spacial score (nSPS) is 16.3. The molecule has 0 atom stereocenters. The van der Waals surface area contributed by atoms with Crippen LogP contribution >= 0.6 is 0 Å². The lowest BCUT2D eigenvalue weighted by molar-refractivity contribution is 0.0953. The van der Waals surface area contributed by atoms with E-state index in [-0.39, 0.29) is 11.8 Å². The summed E-state index contributed by atoms with van der Waals surface area (Å²) in [7, 11) is 2.17. The van der Waals surface area contributed by atoms with Gasteiger partial charge in [0.1, 0.15) is 0 Å². The summed E-state index contributed by atoms with van der Waals surface area (Å²) in [5.41, 5.74) is 2.60. The van der Waals surface area contributed by atoms with Crippen LogP contribution in [0.2, 0.25) is 0 Å². The number of fused-ring (bicyclic) bond motifs is 1. The average Bonchev–Trinajstić information content (AvgIpc) is 3.03. The van der Waals surface area contributed by atoms with Crippen LogP contribution in [0.25, 0.3) is 11.1 Å². The highest BCUT2D eigenvalue weighted by Crippen LogP contribution is 2.25. The molecule has 3 heterocycles. The molecule has 1 aliphatic heterocycles. The Balaban J connectivity index is 1.54. The monoisotopic (exact) mass is 373 g/mol. The topological polar surface area (TPSA) is 74.5 Å². The molecule has 0 saturated carbocycles. The lowest BCUT2D eigenvalue weighted by Crippen LogP contribution is -2.44. The molecule has 7 nitrogen and oxygen atoms in total. The van der Waals surface area contributed by atoms with Gasteiger partial charge in [0.2, 0.25) is 0 Å². The van der Waals surface area contributed by atoms with E-state index in [1.165, 1.54) is 0 Å². The number of likely N-dealkylation sites (N-methyl/N-ethyl adjacent to an activating group) is 1. The van der Waals surface area contributed by atoms with Gasteiger partial charge in [-0.05, 0) is 45.3 Å². The quantitative estimate of drug-likeness (QED) is 0.752. The molecule has 1 N–H and O–H groups in total. The lowest BCUT2D eigenvalue weighted by Gasteiger charge is -2.32. The van der Waals surface area contributed by atoms with Crippen molar-refractivity contribution in [3.63, 3.8) is 0 Å². The first-order valence-corrected chi connectivity index (χ1v) is 9.91. The van der Waals surface area contributed by atoms with Crippen molar-refractivity contribution in [2.24, 2.45) is 0 Å². The van der Waals surface area contributed by atoms with Crippen LogP contribution in [-0.2, 0) is 0 Å². The van der Waals surface area contributed by atoms with Crippen molar-refractivity contribution >= 4 is 17.0 Å². The third kappa shape index (κ3) is 4.84. The van der Waals surface area contributed by atoms with Crippen LogP contribution in [0.5, 0.6) is 0 Å². The molecule has 3 rings (SSSR count). The Morgan fingerprint density at radius 2 is 2.00 bits per heavy atom. The Morgan fingerprint density at radius 3 is 2.70 bits per heavy atom. The van der Waals surface area contributed by atoms with E-state index in [4.69, 9.17) is 4.52 Å². The zero-order valence-electron chi connectivity index (χ0n) is 16.9. The third-order valence-corrected chi connectivity index (χ3v) is 5.26. The minimum atomic E-state index is -0.0739. The molecule has 2 aromatic rings. The van der Waals surface area contributed by atoms with E-state index < -0.39 is 0 Å². The maximum atomic E-state index is 12.8. The Hall–Kier alpha value is -1.99. The molecule has 0 aromatic carbocycles. The van der Waals surface area contributed by atoms with Crippen molar-refractivity contribution in [1.82, 2.24) is 25.3 Å². The number of nitrogens with zero attached hydrogens (tertiary/aromatic N) is 4. The van der Waals surface area contributed by atoms with E-state index >= 15 is 0 Å². The molecule has 0 bridgehead atoms. The van der Waals surface area contributed by atoms with Crippen molar-refractivity contribution in [2.45, 2.75) is 39.5 Å². The molecule has 1 aliphatic rings. The summed E-state index contributed by atoms with van der Waals surface area (Å²) < 4.78 is 5.30. The maximum absolute atomic E-state index is 12.8. The van der Waals surface area contributed by atoms with E-state index in [9.17, 15) is 4.79 Å². The molecule has 0 spiro atoms. The summed E-state index contributed by atoms with van der Waals surface area (Å²) in [6.45, 7) is 12.3. The predicted molar refractivity (Wildman–Crippen MR) is 106 cm³/mol. The number of rotatable bonds is 7. The van der Waals surface area contributed by atoms with Crippen molar-refractivity contribution in [3.05, 3.63) is 23.0 Å². The Bertz CT molecular complexity index is 778. The van der Waals surface area contributed by atoms with Crippen LogP contribution < -0.4 is 5.32 Å². The Kier molecular flexibility index (Phi) is 6.44. The number of amides is 1. The van der Waals surface area contributed by atoms with Crippen LogP contribution in [-0.4, -0.2) is 72.2 Å². The molecule has 1 fully saturated rings. The summed E-state index contributed by atoms with van der Waals surface area (Å²) in [6.07, 6.45) is 2.07. The highest BCUT2D eigenvalue weighted by molar-refractivity contribution is 6.06. The van der Waals surface area contributed by atoms with E-state index in [0.717, 1.165) is 51.3 Å². The number of unbranched alkanes of at least 4 members (excludes halogenated alkanes) is 1. The Morgan fingerprint density at radius 1 is 1.26 bits per heavy atom. The number of aromatic nitrogens is 2. The standard InChI is InChI=1S/C20H31N5O2/c1-14(2)17-13-16(18-15(3)23-27-20(18)22-17)19(26)21-7-5-6-8-25-11-9-24(4)10-12-25/h13-14H,5-12H2,1-4H3,(H,21,26). The van der Waals surface area contributed by atoms with Crippen LogP contribution in [0.1, 0.15) is 54.4 Å². The van der Waals surface area contributed by atoms with Gasteiger partial charge in [0.15, 0.2) is 0 Å². The average molecular weight is 374 g/mol. The van der Waals surface area contributed by atoms with Gasteiger partial charge in [0.25, 0.3) is 11.6 Å². The van der Waals surface area contributed by atoms with Gasteiger partial charge in [-0.1, -0.05) is 19.0 Å². The fourth-order valence-electron chi connectivity index (χ4n) is 3.42. The molecule has 2 aromatic heterocycles. The lowest BCUT2D eigenvalue weighted by atomic mass is 10.0. The number of hydrogen-bond donors (Lipinski definition) is 1. The first-order valence-electron chi connectivity index (χ1n) is 9.91. The van der Waals surface area contributed by atoms with Gasteiger partial charge < -0.3 is 19.6 Å².